The average Bonchev–Trinajstić information content (AvgIpc) is 2.62. The minimum absolute atomic E-state index is 0.0648. The molecule has 1 aliphatic rings. The summed E-state index contributed by atoms with van der Waals surface area (Å²) in [6.45, 7) is 4.05. The Morgan fingerprint density at radius 2 is 1.89 bits per heavy atom. The molecule has 0 heterocycles. The van der Waals surface area contributed by atoms with Gasteiger partial charge in [0.15, 0.2) is 11.6 Å². The van der Waals surface area contributed by atoms with Crippen molar-refractivity contribution in [3.63, 3.8) is 0 Å². The highest BCUT2D eigenvalue weighted by molar-refractivity contribution is 7.80. The number of benzene rings is 2. The van der Waals surface area contributed by atoms with Crippen molar-refractivity contribution >= 4 is 35.6 Å². The van der Waals surface area contributed by atoms with E-state index in [1.807, 2.05) is 31.2 Å². The topological polar surface area (TPSA) is 66.4 Å². The van der Waals surface area contributed by atoms with Crippen LogP contribution < -0.4 is 5.32 Å². The highest BCUT2D eigenvalue weighted by atomic mass is 32.1. The second kappa shape index (κ2) is 8.01. The van der Waals surface area contributed by atoms with Crippen LogP contribution in [0.3, 0.4) is 0 Å². The maximum absolute atomic E-state index is 12.9. The second-order valence-corrected chi connectivity index (χ2v) is 7.31. The molecule has 0 saturated carbocycles. The van der Waals surface area contributed by atoms with Gasteiger partial charge < -0.3 is 10.4 Å². The van der Waals surface area contributed by atoms with Gasteiger partial charge in [-0.05, 0) is 43.2 Å². The number of fused-ring (bicyclic) bond motifs is 1. The SMILES string of the molecule is CCCC/C=C1\CC(=O)c2c(Nc3ccc(C)cc3S)ccc(O)c2C1=O. The Morgan fingerprint density at radius 1 is 1.15 bits per heavy atom. The summed E-state index contributed by atoms with van der Waals surface area (Å²) >= 11 is 4.47. The number of carbonyl (C=O) groups excluding carboxylic acids is 2. The molecule has 0 radical (unpaired) electrons. The number of hydrogen-bond acceptors (Lipinski definition) is 5. The lowest BCUT2D eigenvalue weighted by Gasteiger charge is -2.22. The number of carbonyl (C=O) groups is 2. The van der Waals surface area contributed by atoms with E-state index in [4.69, 9.17) is 0 Å². The largest absolute Gasteiger partial charge is 0.507 e. The Labute approximate surface area is 164 Å². The third kappa shape index (κ3) is 3.93. The van der Waals surface area contributed by atoms with E-state index in [1.165, 1.54) is 6.07 Å². The van der Waals surface area contributed by atoms with Gasteiger partial charge >= 0.3 is 0 Å². The van der Waals surface area contributed by atoms with Crippen LogP contribution in [0.5, 0.6) is 5.75 Å². The third-order valence-corrected chi connectivity index (χ3v) is 5.07. The van der Waals surface area contributed by atoms with Gasteiger partial charge in [-0.2, -0.15) is 0 Å². The van der Waals surface area contributed by atoms with Crippen molar-refractivity contribution in [1.29, 1.82) is 0 Å². The molecule has 1 aliphatic carbocycles. The van der Waals surface area contributed by atoms with E-state index in [0.717, 1.165) is 35.4 Å². The van der Waals surface area contributed by atoms with Crippen molar-refractivity contribution in [2.45, 2.75) is 44.4 Å². The van der Waals surface area contributed by atoms with Gasteiger partial charge in [0.1, 0.15) is 5.75 Å². The molecule has 5 heteroatoms. The number of thiol groups is 1. The minimum atomic E-state index is -0.267. The summed E-state index contributed by atoms with van der Waals surface area (Å²) in [5.74, 6) is -0.597. The van der Waals surface area contributed by atoms with Crippen LogP contribution in [0, 0.1) is 6.92 Å². The zero-order valence-corrected chi connectivity index (χ0v) is 16.4. The molecule has 0 bridgehead atoms. The fourth-order valence-electron chi connectivity index (χ4n) is 3.26. The molecule has 0 atom stereocenters. The number of anilines is 2. The molecule has 0 unspecified atom stereocenters. The molecule has 27 heavy (non-hydrogen) atoms. The first-order valence-electron chi connectivity index (χ1n) is 9.12. The Morgan fingerprint density at radius 3 is 2.59 bits per heavy atom. The second-order valence-electron chi connectivity index (χ2n) is 6.83. The van der Waals surface area contributed by atoms with Crippen LogP contribution in [-0.4, -0.2) is 16.7 Å². The lowest BCUT2D eigenvalue weighted by Crippen LogP contribution is -2.21. The molecular formula is C22H23NO3S. The summed E-state index contributed by atoms with van der Waals surface area (Å²) in [7, 11) is 0. The van der Waals surface area contributed by atoms with Crippen LogP contribution in [0.2, 0.25) is 0 Å². The highest BCUT2D eigenvalue weighted by Crippen LogP contribution is 2.38. The molecule has 2 N–H and O–H groups in total. The number of hydrogen-bond donors (Lipinski definition) is 3. The van der Waals surface area contributed by atoms with Crippen LogP contribution in [-0.2, 0) is 0 Å². The van der Waals surface area contributed by atoms with E-state index < -0.39 is 0 Å². The average molecular weight is 381 g/mol. The summed E-state index contributed by atoms with van der Waals surface area (Å²) < 4.78 is 0. The van der Waals surface area contributed by atoms with Crippen molar-refractivity contribution in [3.8, 4) is 5.75 Å². The van der Waals surface area contributed by atoms with Gasteiger partial charge in [0, 0.05) is 16.9 Å². The van der Waals surface area contributed by atoms with Gasteiger partial charge in [-0.1, -0.05) is 31.9 Å². The summed E-state index contributed by atoms with van der Waals surface area (Å²) in [6.07, 6.45) is 4.63. The maximum atomic E-state index is 12.9. The predicted molar refractivity (Wildman–Crippen MR) is 111 cm³/mol. The Hall–Kier alpha value is -2.53. The smallest absolute Gasteiger partial charge is 0.193 e. The van der Waals surface area contributed by atoms with Gasteiger partial charge in [0.25, 0.3) is 0 Å². The minimum Gasteiger partial charge on any atom is -0.507 e. The first kappa shape index (κ1) is 19.2. The summed E-state index contributed by atoms with van der Waals surface area (Å²) in [5, 5.41) is 13.5. The van der Waals surface area contributed by atoms with Crippen molar-refractivity contribution in [2.24, 2.45) is 0 Å². The Balaban J connectivity index is 2.02. The van der Waals surface area contributed by atoms with Crippen LogP contribution in [0.15, 0.2) is 46.9 Å². The number of aryl methyl sites for hydroxylation is 1. The van der Waals surface area contributed by atoms with E-state index in [-0.39, 0.29) is 34.9 Å². The van der Waals surface area contributed by atoms with Gasteiger partial charge in [-0.25, -0.2) is 0 Å². The molecule has 0 amide bonds. The highest BCUT2D eigenvalue weighted by Gasteiger charge is 2.32. The fraction of sp³-hybridized carbons (Fsp3) is 0.273. The monoisotopic (exact) mass is 381 g/mol. The number of nitrogens with one attached hydrogen (secondary N) is 1. The first-order valence-corrected chi connectivity index (χ1v) is 9.56. The molecule has 0 aliphatic heterocycles. The molecule has 0 saturated heterocycles. The summed E-state index contributed by atoms with van der Waals surface area (Å²) in [6, 6.07) is 8.81. The molecule has 0 fully saturated rings. The number of phenols is 1. The van der Waals surface area contributed by atoms with Crippen molar-refractivity contribution in [2.75, 3.05) is 5.32 Å². The lowest BCUT2D eigenvalue weighted by atomic mass is 9.83. The van der Waals surface area contributed by atoms with Gasteiger partial charge in [0.2, 0.25) is 0 Å². The van der Waals surface area contributed by atoms with Crippen LogP contribution in [0.4, 0.5) is 11.4 Å². The standard InChI is InChI=1S/C22H23NO3S/c1-3-4-5-6-14-12-18(25)20-16(9-10-17(24)21(20)22(14)26)23-15-8-7-13(2)11-19(15)27/h6-11,23-24,27H,3-5,12H2,1-2H3/b14-6+. The van der Waals surface area contributed by atoms with Crippen molar-refractivity contribution < 1.29 is 14.7 Å². The van der Waals surface area contributed by atoms with Crippen LogP contribution in [0.25, 0.3) is 0 Å². The number of Topliss-reactive ketones (excluding diaryl/α,β-unsaturated/α-hetero) is 2. The normalized spacial score (nSPS) is 15.1. The quantitative estimate of drug-likeness (QED) is 0.272. The Bertz CT molecular complexity index is 947. The number of unbranched alkanes of at least 4 members (excludes halogenated alkanes) is 2. The van der Waals surface area contributed by atoms with Crippen molar-refractivity contribution in [1.82, 2.24) is 0 Å². The molecule has 0 aromatic heterocycles. The number of aromatic hydroxyl groups is 1. The van der Waals surface area contributed by atoms with Gasteiger partial charge in [0.05, 0.1) is 22.5 Å². The van der Waals surface area contributed by atoms with Gasteiger partial charge in [-0.15, -0.1) is 12.6 Å². The zero-order chi connectivity index (χ0) is 19.6. The number of rotatable bonds is 5. The molecular weight excluding hydrogens is 358 g/mol. The molecule has 0 spiro atoms. The van der Waals surface area contributed by atoms with E-state index in [9.17, 15) is 14.7 Å². The Kier molecular flexibility index (Phi) is 5.71. The molecule has 4 nitrogen and oxygen atoms in total. The number of ketones is 2. The van der Waals surface area contributed by atoms with Crippen LogP contribution >= 0.6 is 12.6 Å². The number of phenolic OH excluding ortho intramolecular Hbond substituents is 1. The van der Waals surface area contributed by atoms with Crippen molar-refractivity contribution in [3.05, 3.63) is 58.7 Å². The van der Waals surface area contributed by atoms with E-state index in [2.05, 4.69) is 24.9 Å². The summed E-state index contributed by atoms with van der Waals surface area (Å²) in [4.78, 5) is 26.4. The number of allylic oxidation sites excluding steroid dienone is 2. The molecule has 3 rings (SSSR count). The van der Waals surface area contributed by atoms with Crippen LogP contribution in [0.1, 0.15) is 58.9 Å². The third-order valence-electron chi connectivity index (χ3n) is 4.70. The molecule has 140 valence electrons. The fourth-order valence-corrected chi connectivity index (χ4v) is 3.59. The van der Waals surface area contributed by atoms with E-state index in [1.54, 1.807) is 6.07 Å². The molecule has 2 aromatic rings. The zero-order valence-electron chi connectivity index (χ0n) is 15.5. The maximum Gasteiger partial charge on any atom is 0.193 e. The molecule has 2 aromatic carbocycles. The van der Waals surface area contributed by atoms with E-state index >= 15 is 0 Å². The van der Waals surface area contributed by atoms with E-state index in [0.29, 0.717) is 11.3 Å². The predicted octanol–water partition coefficient (Wildman–Crippen LogP) is 5.62. The summed E-state index contributed by atoms with van der Waals surface area (Å²) in [5.41, 5.74) is 3.13. The van der Waals surface area contributed by atoms with Gasteiger partial charge in [-0.3, -0.25) is 9.59 Å². The first-order chi connectivity index (χ1) is 12.9. The lowest BCUT2D eigenvalue weighted by molar-refractivity contribution is 0.0933.